The third kappa shape index (κ3) is 9.01. The Bertz CT molecular complexity index is 953. The summed E-state index contributed by atoms with van der Waals surface area (Å²) in [5.74, 6) is 0.636. The van der Waals surface area contributed by atoms with Crippen LogP contribution in [0.4, 0.5) is 0 Å². The minimum absolute atomic E-state index is 0.0502. The number of thiocarbonyl (C=S) groups is 1. The summed E-state index contributed by atoms with van der Waals surface area (Å²) in [7, 11) is 0. The molecular formula is C24H30BrN3O4S. The maximum absolute atomic E-state index is 12.6. The molecule has 0 aliphatic rings. The summed E-state index contributed by atoms with van der Waals surface area (Å²) < 4.78 is 11.9. The first kappa shape index (κ1) is 26.6. The predicted molar refractivity (Wildman–Crippen MR) is 137 cm³/mol. The molecule has 3 N–H and O–H groups in total. The third-order valence-electron chi connectivity index (χ3n) is 4.92. The largest absolute Gasteiger partial charge is 0.493 e. The van der Waals surface area contributed by atoms with Crippen molar-refractivity contribution in [1.29, 1.82) is 0 Å². The SMILES string of the molecule is CCCCOc1ccc(Br)cc1C(=O)NC(=S)NNC(=O)COc1ccc(C(C)CC)cc1. The van der Waals surface area contributed by atoms with Crippen LogP contribution in [0.15, 0.2) is 46.9 Å². The Hall–Kier alpha value is -2.65. The maximum Gasteiger partial charge on any atom is 0.276 e. The Labute approximate surface area is 208 Å². The Morgan fingerprint density at radius 2 is 1.79 bits per heavy atom. The topological polar surface area (TPSA) is 88.7 Å². The lowest BCUT2D eigenvalue weighted by molar-refractivity contribution is -0.123. The van der Waals surface area contributed by atoms with Gasteiger partial charge in [0, 0.05) is 4.47 Å². The van der Waals surface area contributed by atoms with Gasteiger partial charge in [-0.25, -0.2) is 0 Å². The molecule has 2 rings (SSSR count). The van der Waals surface area contributed by atoms with Gasteiger partial charge in [-0.3, -0.25) is 25.8 Å². The molecule has 0 radical (unpaired) electrons. The van der Waals surface area contributed by atoms with E-state index in [-0.39, 0.29) is 11.7 Å². The van der Waals surface area contributed by atoms with Gasteiger partial charge in [0.15, 0.2) is 11.7 Å². The summed E-state index contributed by atoms with van der Waals surface area (Å²) in [6.45, 7) is 6.67. The van der Waals surface area contributed by atoms with Crippen LogP contribution in [0.1, 0.15) is 61.9 Å². The third-order valence-corrected chi connectivity index (χ3v) is 5.61. The fourth-order valence-electron chi connectivity index (χ4n) is 2.77. The average molecular weight is 536 g/mol. The molecule has 0 bridgehead atoms. The number of ether oxygens (including phenoxy) is 2. The quantitative estimate of drug-likeness (QED) is 0.229. The fourth-order valence-corrected chi connectivity index (χ4v) is 3.28. The van der Waals surface area contributed by atoms with E-state index in [0.717, 1.165) is 23.7 Å². The molecule has 1 unspecified atom stereocenters. The molecule has 0 aliphatic carbocycles. The molecule has 0 heterocycles. The highest BCUT2D eigenvalue weighted by molar-refractivity contribution is 9.10. The second-order valence-corrected chi connectivity index (χ2v) is 8.79. The minimum atomic E-state index is -0.452. The summed E-state index contributed by atoms with van der Waals surface area (Å²) in [5.41, 5.74) is 6.47. The van der Waals surface area contributed by atoms with Gasteiger partial charge >= 0.3 is 0 Å². The van der Waals surface area contributed by atoms with Gasteiger partial charge in [0.2, 0.25) is 0 Å². The van der Waals surface area contributed by atoms with Crippen molar-refractivity contribution in [2.24, 2.45) is 0 Å². The van der Waals surface area contributed by atoms with Gasteiger partial charge in [-0.15, -0.1) is 0 Å². The van der Waals surface area contributed by atoms with Crippen LogP contribution in [0.25, 0.3) is 0 Å². The number of rotatable bonds is 10. The summed E-state index contributed by atoms with van der Waals surface area (Å²) in [4.78, 5) is 24.7. The highest BCUT2D eigenvalue weighted by Gasteiger charge is 2.15. The molecule has 0 aromatic heterocycles. The van der Waals surface area contributed by atoms with Crippen LogP contribution in [0, 0.1) is 0 Å². The molecule has 0 spiro atoms. The standard InChI is InChI=1S/C24H30BrN3O4S/c1-4-6-13-31-21-12-9-18(25)14-20(21)23(30)26-24(33)28-27-22(29)15-32-19-10-7-17(8-11-19)16(3)5-2/h7-12,14,16H,4-6,13,15H2,1-3H3,(H,27,29)(H2,26,28,30,33). The van der Waals surface area contributed by atoms with Gasteiger partial charge in [-0.05, 0) is 66.9 Å². The summed E-state index contributed by atoms with van der Waals surface area (Å²) in [6, 6.07) is 12.8. The molecule has 178 valence electrons. The highest BCUT2D eigenvalue weighted by Crippen LogP contribution is 2.24. The molecule has 9 heteroatoms. The molecule has 2 aromatic carbocycles. The van der Waals surface area contributed by atoms with Crippen LogP contribution in [-0.4, -0.2) is 30.1 Å². The van der Waals surface area contributed by atoms with Crippen LogP contribution in [0.3, 0.4) is 0 Å². The van der Waals surface area contributed by atoms with E-state index in [4.69, 9.17) is 21.7 Å². The number of nitrogens with one attached hydrogen (secondary N) is 3. The molecule has 0 saturated carbocycles. The van der Waals surface area contributed by atoms with Crippen molar-refractivity contribution < 1.29 is 19.1 Å². The zero-order chi connectivity index (χ0) is 24.2. The molecule has 7 nitrogen and oxygen atoms in total. The van der Waals surface area contributed by atoms with Crippen molar-refractivity contribution in [3.05, 3.63) is 58.1 Å². The van der Waals surface area contributed by atoms with E-state index in [0.29, 0.717) is 29.6 Å². The van der Waals surface area contributed by atoms with E-state index >= 15 is 0 Å². The summed E-state index contributed by atoms with van der Waals surface area (Å²) in [5, 5.41) is 2.48. The van der Waals surface area contributed by atoms with Crippen molar-refractivity contribution in [1.82, 2.24) is 16.2 Å². The lowest BCUT2D eigenvalue weighted by atomic mass is 9.99. The van der Waals surface area contributed by atoms with Crippen LogP contribution < -0.4 is 25.6 Å². The highest BCUT2D eigenvalue weighted by atomic mass is 79.9. The van der Waals surface area contributed by atoms with Crippen LogP contribution >= 0.6 is 28.1 Å². The molecule has 1 atom stereocenters. The Kier molecular flexibility index (Phi) is 11.1. The Morgan fingerprint density at radius 3 is 2.45 bits per heavy atom. The lowest BCUT2D eigenvalue weighted by Gasteiger charge is -2.14. The lowest BCUT2D eigenvalue weighted by Crippen LogP contribution is -2.49. The van der Waals surface area contributed by atoms with Crippen molar-refractivity contribution in [2.75, 3.05) is 13.2 Å². The summed E-state index contributed by atoms with van der Waals surface area (Å²) >= 11 is 8.47. The number of hydrogen-bond donors (Lipinski definition) is 3. The van der Waals surface area contributed by atoms with Gasteiger partial charge < -0.3 is 9.47 Å². The van der Waals surface area contributed by atoms with Crippen LogP contribution in [-0.2, 0) is 4.79 Å². The zero-order valence-electron chi connectivity index (χ0n) is 19.1. The Balaban J connectivity index is 1.81. The average Bonchev–Trinajstić information content (AvgIpc) is 2.82. The van der Waals surface area contributed by atoms with Crippen molar-refractivity contribution in [3.63, 3.8) is 0 Å². The number of benzene rings is 2. The second kappa shape index (κ2) is 13.8. The van der Waals surface area contributed by atoms with E-state index < -0.39 is 11.8 Å². The van der Waals surface area contributed by atoms with E-state index in [1.807, 2.05) is 24.3 Å². The smallest absolute Gasteiger partial charge is 0.276 e. The number of halogens is 1. The first-order valence-corrected chi connectivity index (χ1v) is 12.1. The molecule has 0 aliphatic heterocycles. The maximum atomic E-state index is 12.6. The van der Waals surface area contributed by atoms with Crippen molar-refractivity contribution in [3.8, 4) is 11.5 Å². The number of hydrazine groups is 1. The van der Waals surface area contributed by atoms with E-state index in [1.165, 1.54) is 5.56 Å². The molecule has 33 heavy (non-hydrogen) atoms. The first-order chi connectivity index (χ1) is 15.8. The molecule has 0 fully saturated rings. The minimum Gasteiger partial charge on any atom is -0.493 e. The predicted octanol–water partition coefficient (Wildman–Crippen LogP) is 4.86. The Morgan fingerprint density at radius 1 is 1.06 bits per heavy atom. The number of unbranched alkanes of at least 4 members (excludes halogenated alkanes) is 1. The number of carbonyl (C=O) groups is 2. The monoisotopic (exact) mass is 535 g/mol. The molecule has 2 aromatic rings. The first-order valence-electron chi connectivity index (χ1n) is 10.9. The van der Waals surface area contributed by atoms with E-state index in [9.17, 15) is 9.59 Å². The van der Waals surface area contributed by atoms with Gasteiger partial charge in [-0.1, -0.05) is 55.3 Å². The molecule has 2 amide bonds. The van der Waals surface area contributed by atoms with Crippen molar-refractivity contribution >= 4 is 45.1 Å². The van der Waals surface area contributed by atoms with Crippen molar-refractivity contribution in [2.45, 2.75) is 46.0 Å². The number of hydrogen-bond acceptors (Lipinski definition) is 5. The second-order valence-electron chi connectivity index (χ2n) is 7.47. The van der Waals surface area contributed by atoms with Crippen LogP contribution in [0.2, 0.25) is 0 Å². The molecule has 0 saturated heterocycles. The normalized spacial score (nSPS) is 11.3. The van der Waals surface area contributed by atoms with Gasteiger partial charge in [0.05, 0.1) is 12.2 Å². The summed E-state index contributed by atoms with van der Waals surface area (Å²) in [6.07, 6.45) is 2.92. The van der Waals surface area contributed by atoms with Gasteiger partial charge in [0.1, 0.15) is 11.5 Å². The van der Waals surface area contributed by atoms with Gasteiger partial charge in [-0.2, -0.15) is 0 Å². The fraction of sp³-hybridized carbons (Fsp3) is 0.375. The number of carbonyl (C=O) groups excluding carboxylic acids is 2. The zero-order valence-corrected chi connectivity index (χ0v) is 21.5. The van der Waals surface area contributed by atoms with E-state index in [2.05, 4.69) is 52.9 Å². The van der Waals surface area contributed by atoms with E-state index in [1.54, 1.807) is 18.2 Å². The number of amides is 2. The molecular weight excluding hydrogens is 506 g/mol. The van der Waals surface area contributed by atoms with Crippen LogP contribution in [0.5, 0.6) is 11.5 Å². The van der Waals surface area contributed by atoms with Gasteiger partial charge in [0.25, 0.3) is 11.8 Å².